The molecule has 5 nitrogen and oxygen atoms in total. The van der Waals surface area contributed by atoms with Crippen molar-refractivity contribution in [3.63, 3.8) is 0 Å². The standard InChI is InChI=1S/C17H25N3O2.ClH/c1-13-12-18-9-7-15(13)20-16(21)8-10-19-17(22)11-14-5-3-2-4-6-14;/h2-6,13,15,18H,7-12H2,1H3,(H,19,22)(H,20,21);1H. The fraction of sp³-hybridized carbons (Fsp3) is 0.529. The Labute approximate surface area is 144 Å². The van der Waals surface area contributed by atoms with E-state index in [0.29, 0.717) is 25.3 Å². The maximum Gasteiger partial charge on any atom is 0.224 e. The molecule has 1 aliphatic heterocycles. The first-order chi connectivity index (χ1) is 10.6. The second-order valence-corrected chi connectivity index (χ2v) is 5.91. The molecule has 0 bridgehead atoms. The topological polar surface area (TPSA) is 70.2 Å². The Morgan fingerprint density at radius 1 is 1.22 bits per heavy atom. The summed E-state index contributed by atoms with van der Waals surface area (Å²) in [7, 11) is 0. The molecule has 2 amide bonds. The molecule has 1 aliphatic rings. The van der Waals surface area contributed by atoms with E-state index in [-0.39, 0.29) is 30.3 Å². The van der Waals surface area contributed by atoms with E-state index in [4.69, 9.17) is 0 Å². The van der Waals surface area contributed by atoms with Crippen molar-refractivity contribution in [2.24, 2.45) is 5.92 Å². The zero-order valence-electron chi connectivity index (χ0n) is 13.5. The van der Waals surface area contributed by atoms with Crippen molar-refractivity contribution in [1.82, 2.24) is 16.0 Å². The van der Waals surface area contributed by atoms with E-state index >= 15 is 0 Å². The van der Waals surface area contributed by atoms with Crippen molar-refractivity contribution >= 4 is 24.2 Å². The lowest BCUT2D eigenvalue weighted by molar-refractivity contribution is -0.122. The fourth-order valence-corrected chi connectivity index (χ4v) is 2.67. The Morgan fingerprint density at radius 2 is 1.96 bits per heavy atom. The highest BCUT2D eigenvalue weighted by atomic mass is 35.5. The average Bonchev–Trinajstić information content (AvgIpc) is 2.50. The molecule has 0 aromatic heterocycles. The van der Waals surface area contributed by atoms with Gasteiger partial charge in [0.25, 0.3) is 0 Å². The van der Waals surface area contributed by atoms with Gasteiger partial charge in [-0.25, -0.2) is 0 Å². The van der Waals surface area contributed by atoms with Crippen LogP contribution in [-0.4, -0.2) is 37.5 Å². The molecule has 0 saturated carbocycles. The number of halogens is 1. The first-order valence-electron chi connectivity index (χ1n) is 7.96. The first kappa shape index (κ1) is 19.5. The van der Waals surface area contributed by atoms with Gasteiger partial charge in [-0.1, -0.05) is 37.3 Å². The molecule has 6 heteroatoms. The second kappa shape index (κ2) is 10.2. The molecule has 1 aromatic carbocycles. The number of carbonyl (C=O) groups is 2. The molecule has 23 heavy (non-hydrogen) atoms. The summed E-state index contributed by atoms with van der Waals surface area (Å²) in [5, 5.41) is 9.17. The molecule has 1 aromatic rings. The lowest BCUT2D eigenvalue weighted by Gasteiger charge is -2.30. The monoisotopic (exact) mass is 339 g/mol. The third-order valence-corrected chi connectivity index (χ3v) is 4.01. The van der Waals surface area contributed by atoms with Gasteiger partial charge in [0.1, 0.15) is 0 Å². The van der Waals surface area contributed by atoms with Crippen LogP contribution in [0.1, 0.15) is 25.3 Å². The Balaban J connectivity index is 0.00000264. The van der Waals surface area contributed by atoms with E-state index in [2.05, 4.69) is 22.9 Å². The molecule has 0 aliphatic carbocycles. The average molecular weight is 340 g/mol. The van der Waals surface area contributed by atoms with Crippen LogP contribution in [-0.2, 0) is 16.0 Å². The molecule has 1 fully saturated rings. The number of nitrogens with one attached hydrogen (secondary N) is 3. The highest BCUT2D eigenvalue weighted by molar-refractivity contribution is 5.85. The minimum Gasteiger partial charge on any atom is -0.355 e. The van der Waals surface area contributed by atoms with Gasteiger partial charge in [-0.2, -0.15) is 0 Å². The van der Waals surface area contributed by atoms with E-state index in [1.807, 2.05) is 30.3 Å². The van der Waals surface area contributed by atoms with Gasteiger partial charge in [0.2, 0.25) is 11.8 Å². The molecule has 2 rings (SSSR count). The quantitative estimate of drug-likeness (QED) is 0.731. The lowest BCUT2D eigenvalue weighted by Crippen LogP contribution is -2.48. The fourth-order valence-electron chi connectivity index (χ4n) is 2.67. The van der Waals surface area contributed by atoms with Crippen LogP contribution in [0.2, 0.25) is 0 Å². The molecule has 2 unspecified atom stereocenters. The van der Waals surface area contributed by atoms with Gasteiger partial charge in [-0.15, -0.1) is 12.4 Å². The summed E-state index contributed by atoms with van der Waals surface area (Å²) >= 11 is 0. The molecule has 0 radical (unpaired) electrons. The Hall–Kier alpha value is -1.59. The highest BCUT2D eigenvalue weighted by Crippen LogP contribution is 2.10. The van der Waals surface area contributed by atoms with Crippen LogP contribution in [0, 0.1) is 5.92 Å². The summed E-state index contributed by atoms with van der Waals surface area (Å²) in [6, 6.07) is 9.84. The van der Waals surface area contributed by atoms with E-state index in [9.17, 15) is 9.59 Å². The summed E-state index contributed by atoms with van der Waals surface area (Å²) in [6.45, 7) is 4.41. The minimum absolute atomic E-state index is 0. The molecule has 1 heterocycles. The van der Waals surface area contributed by atoms with E-state index in [0.717, 1.165) is 25.1 Å². The van der Waals surface area contributed by atoms with Crippen molar-refractivity contribution in [3.05, 3.63) is 35.9 Å². The van der Waals surface area contributed by atoms with Crippen molar-refractivity contribution in [2.45, 2.75) is 32.2 Å². The zero-order chi connectivity index (χ0) is 15.8. The maximum atomic E-state index is 11.9. The smallest absolute Gasteiger partial charge is 0.224 e. The van der Waals surface area contributed by atoms with Crippen LogP contribution >= 0.6 is 12.4 Å². The van der Waals surface area contributed by atoms with Gasteiger partial charge in [-0.3, -0.25) is 9.59 Å². The van der Waals surface area contributed by atoms with Crippen LogP contribution in [0.3, 0.4) is 0 Å². The third kappa shape index (κ3) is 7.01. The molecule has 3 N–H and O–H groups in total. The van der Waals surface area contributed by atoms with Crippen LogP contribution in [0.4, 0.5) is 0 Å². The Kier molecular flexibility index (Phi) is 8.66. The molecule has 128 valence electrons. The molecule has 0 spiro atoms. The van der Waals surface area contributed by atoms with Crippen molar-refractivity contribution in [1.29, 1.82) is 0 Å². The summed E-state index contributed by atoms with van der Waals surface area (Å²) < 4.78 is 0. The number of carbonyl (C=O) groups excluding carboxylic acids is 2. The zero-order valence-corrected chi connectivity index (χ0v) is 14.3. The van der Waals surface area contributed by atoms with Gasteiger partial charge in [0, 0.05) is 19.0 Å². The number of hydrogen-bond acceptors (Lipinski definition) is 3. The Bertz CT molecular complexity index is 496. The molecular formula is C17H26ClN3O2. The number of hydrogen-bond donors (Lipinski definition) is 3. The SMILES string of the molecule is CC1CNCCC1NC(=O)CCNC(=O)Cc1ccccc1.Cl. The van der Waals surface area contributed by atoms with Crippen molar-refractivity contribution < 1.29 is 9.59 Å². The molecular weight excluding hydrogens is 314 g/mol. The van der Waals surface area contributed by atoms with Gasteiger partial charge in [0.05, 0.1) is 6.42 Å². The van der Waals surface area contributed by atoms with Crippen LogP contribution < -0.4 is 16.0 Å². The van der Waals surface area contributed by atoms with Crippen LogP contribution in [0.15, 0.2) is 30.3 Å². The van der Waals surface area contributed by atoms with E-state index in [1.54, 1.807) is 0 Å². The Morgan fingerprint density at radius 3 is 2.65 bits per heavy atom. The predicted molar refractivity (Wildman–Crippen MR) is 93.6 cm³/mol. The maximum absolute atomic E-state index is 11.9. The highest BCUT2D eigenvalue weighted by Gasteiger charge is 2.22. The van der Waals surface area contributed by atoms with Gasteiger partial charge in [0.15, 0.2) is 0 Å². The molecule has 2 atom stereocenters. The number of rotatable bonds is 6. The summed E-state index contributed by atoms with van der Waals surface area (Å²) in [5.41, 5.74) is 0.980. The normalized spacial score (nSPS) is 20.2. The number of benzene rings is 1. The summed E-state index contributed by atoms with van der Waals surface area (Å²) in [4.78, 5) is 23.7. The summed E-state index contributed by atoms with van der Waals surface area (Å²) in [5.74, 6) is 0.415. The first-order valence-corrected chi connectivity index (χ1v) is 7.96. The van der Waals surface area contributed by atoms with E-state index < -0.39 is 0 Å². The minimum atomic E-state index is -0.0470. The van der Waals surface area contributed by atoms with Gasteiger partial charge in [-0.05, 0) is 31.0 Å². The van der Waals surface area contributed by atoms with Gasteiger partial charge >= 0.3 is 0 Å². The summed E-state index contributed by atoms with van der Waals surface area (Å²) in [6.07, 6.45) is 1.65. The lowest BCUT2D eigenvalue weighted by atomic mass is 9.95. The number of piperidine rings is 1. The second-order valence-electron chi connectivity index (χ2n) is 5.91. The molecule has 1 saturated heterocycles. The van der Waals surface area contributed by atoms with Crippen molar-refractivity contribution in [2.75, 3.05) is 19.6 Å². The van der Waals surface area contributed by atoms with Crippen molar-refractivity contribution in [3.8, 4) is 0 Å². The third-order valence-electron chi connectivity index (χ3n) is 4.01. The number of amides is 2. The largest absolute Gasteiger partial charge is 0.355 e. The van der Waals surface area contributed by atoms with Crippen LogP contribution in [0.25, 0.3) is 0 Å². The van der Waals surface area contributed by atoms with E-state index in [1.165, 1.54) is 0 Å². The van der Waals surface area contributed by atoms with Gasteiger partial charge < -0.3 is 16.0 Å². The van der Waals surface area contributed by atoms with Crippen LogP contribution in [0.5, 0.6) is 0 Å². The predicted octanol–water partition coefficient (Wildman–Crippen LogP) is 1.27.